The van der Waals surface area contributed by atoms with Crippen LogP contribution in [0.3, 0.4) is 0 Å². The Hall–Kier alpha value is -1.11. The van der Waals surface area contributed by atoms with Crippen molar-refractivity contribution in [3.8, 4) is 0 Å². The lowest BCUT2D eigenvalue weighted by Gasteiger charge is -2.35. The molecule has 0 aromatic heterocycles. The van der Waals surface area contributed by atoms with Crippen LogP contribution in [0, 0.1) is 0 Å². The van der Waals surface area contributed by atoms with Crippen molar-refractivity contribution in [1.29, 1.82) is 0 Å². The van der Waals surface area contributed by atoms with Crippen molar-refractivity contribution in [3.05, 3.63) is 0 Å². The largest absolute Gasteiger partial charge is 0.480 e. The standard InChI is InChI=1S/C10H19NO5S/c1-7(17(5,15)16)9(14)11(6-8(12)13)10(2,3)4/h7H,6H2,1-5H3,(H,12,13). The minimum absolute atomic E-state index is 0.512. The van der Waals surface area contributed by atoms with Crippen molar-refractivity contribution in [2.24, 2.45) is 0 Å². The quantitative estimate of drug-likeness (QED) is 0.780. The van der Waals surface area contributed by atoms with E-state index in [9.17, 15) is 18.0 Å². The summed E-state index contributed by atoms with van der Waals surface area (Å²) in [6.45, 7) is 5.72. The molecule has 6 nitrogen and oxygen atoms in total. The molecule has 1 unspecified atom stereocenters. The maximum Gasteiger partial charge on any atom is 0.323 e. The normalized spacial score (nSPS) is 14.2. The number of hydrogen-bond acceptors (Lipinski definition) is 4. The van der Waals surface area contributed by atoms with Gasteiger partial charge in [-0.25, -0.2) is 8.42 Å². The van der Waals surface area contributed by atoms with E-state index in [4.69, 9.17) is 5.11 Å². The van der Waals surface area contributed by atoms with Gasteiger partial charge >= 0.3 is 5.97 Å². The number of carbonyl (C=O) groups excluding carboxylic acids is 1. The van der Waals surface area contributed by atoms with E-state index in [0.29, 0.717) is 0 Å². The number of hydrogen-bond donors (Lipinski definition) is 1. The maximum atomic E-state index is 12.0. The summed E-state index contributed by atoms with van der Waals surface area (Å²) in [5.41, 5.74) is -0.742. The summed E-state index contributed by atoms with van der Waals surface area (Å²) >= 11 is 0. The third-order valence-electron chi connectivity index (χ3n) is 2.36. The van der Waals surface area contributed by atoms with Crippen LogP contribution in [0.15, 0.2) is 0 Å². The summed E-state index contributed by atoms with van der Waals surface area (Å²) in [6.07, 6.45) is 0.956. The monoisotopic (exact) mass is 265 g/mol. The van der Waals surface area contributed by atoms with Crippen molar-refractivity contribution in [1.82, 2.24) is 4.90 Å². The highest BCUT2D eigenvalue weighted by atomic mass is 32.2. The molecule has 100 valence electrons. The van der Waals surface area contributed by atoms with E-state index in [0.717, 1.165) is 11.2 Å². The maximum absolute atomic E-state index is 12.0. The zero-order valence-corrected chi connectivity index (χ0v) is 11.5. The number of nitrogens with zero attached hydrogens (tertiary/aromatic N) is 1. The van der Waals surface area contributed by atoms with E-state index in [1.807, 2.05) is 0 Å². The lowest BCUT2D eigenvalue weighted by atomic mass is 10.1. The Morgan fingerprint density at radius 2 is 1.71 bits per heavy atom. The lowest BCUT2D eigenvalue weighted by molar-refractivity contribution is -0.147. The highest BCUT2D eigenvalue weighted by Gasteiger charge is 2.35. The first-order valence-electron chi connectivity index (χ1n) is 5.09. The Bertz CT molecular complexity index is 407. The van der Waals surface area contributed by atoms with Crippen LogP contribution >= 0.6 is 0 Å². The summed E-state index contributed by atoms with van der Waals surface area (Å²) in [7, 11) is -3.53. The van der Waals surface area contributed by atoms with E-state index < -0.39 is 39.0 Å². The van der Waals surface area contributed by atoms with Gasteiger partial charge in [-0.15, -0.1) is 0 Å². The Morgan fingerprint density at radius 3 is 1.94 bits per heavy atom. The number of carbonyl (C=O) groups is 2. The molecule has 0 aromatic carbocycles. The second-order valence-electron chi connectivity index (χ2n) is 4.96. The van der Waals surface area contributed by atoms with Crippen molar-refractivity contribution >= 4 is 21.7 Å². The smallest absolute Gasteiger partial charge is 0.323 e. The van der Waals surface area contributed by atoms with Gasteiger partial charge in [-0.1, -0.05) is 0 Å². The second kappa shape index (κ2) is 5.03. The Balaban J connectivity index is 5.22. The number of rotatable bonds is 4. The SMILES string of the molecule is CC(C(=O)N(CC(=O)O)C(C)(C)C)S(C)(=O)=O. The Labute approximate surface area is 102 Å². The summed E-state index contributed by atoms with van der Waals surface area (Å²) in [6, 6.07) is 0. The highest BCUT2D eigenvalue weighted by molar-refractivity contribution is 7.92. The fourth-order valence-electron chi connectivity index (χ4n) is 1.18. The molecular weight excluding hydrogens is 246 g/mol. The van der Waals surface area contributed by atoms with Gasteiger partial charge in [0.1, 0.15) is 11.8 Å². The molecule has 0 aliphatic carbocycles. The van der Waals surface area contributed by atoms with E-state index in [-0.39, 0.29) is 0 Å². The molecule has 0 saturated heterocycles. The lowest BCUT2D eigenvalue weighted by Crippen LogP contribution is -2.52. The first-order valence-corrected chi connectivity index (χ1v) is 7.05. The first kappa shape index (κ1) is 15.9. The molecule has 0 bridgehead atoms. The molecular formula is C10H19NO5S. The molecule has 17 heavy (non-hydrogen) atoms. The highest BCUT2D eigenvalue weighted by Crippen LogP contribution is 2.16. The molecule has 0 heterocycles. The van der Waals surface area contributed by atoms with Gasteiger partial charge in [0.15, 0.2) is 9.84 Å². The zero-order chi connectivity index (χ0) is 14.0. The van der Waals surface area contributed by atoms with Crippen LogP contribution in [-0.4, -0.2) is 53.9 Å². The van der Waals surface area contributed by atoms with Crippen LogP contribution in [-0.2, 0) is 19.4 Å². The molecule has 0 rings (SSSR count). The Kier molecular flexibility index (Phi) is 4.70. The van der Waals surface area contributed by atoms with Gasteiger partial charge < -0.3 is 10.0 Å². The summed E-state index contributed by atoms with van der Waals surface area (Å²) in [4.78, 5) is 23.7. The summed E-state index contributed by atoms with van der Waals surface area (Å²) < 4.78 is 22.6. The molecule has 1 N–H and O–H groups in total. The van der Waals surface area contributed by atoms with E-state index >= 15 is 0 Å². The van der Waals surface area contributed by atoms with Crippen molar-refractivity contribution < 1.29 is 23.1 Å². The Morgan fingerprint density at radius 1 is 1.29 bits per heavy atom. The molecule has 0 spiro atoms. The van der Waals surface area contributed by atoms with E-state index in [2.05, 4.69) is 0 Å². The molecule has 0 aliphatic rings. The van der Waals surface area contributed by atoms with Gasteiger partial charge in [-0.2, -0.15) is 0 Å². The number of amides is 1. The molecule has 0 aliphatic heterocycles. The van der Waals surface area contributed by atoms with Crippen molar-refractivity contribution in [2.75, 3.05) is 12.8 Å². The molecule has 1 atom stereocenters. The van der Waals surface area contributed by atoms with Crippen LogP contribution in [0.4, 0.5) is 0 Å². The van der Waals surface area contributed by atoms with Gasteiger partial charge in [0.25, 0.3) is 0 Å². The third-order valence-corrected chi connectivity index (χ3v) is 3.85. The fraction of sp³-hybridized carbons (Fsp3) is 0.800. The summed E-state index contributed by atoms with van der Waals surface area (Å²) in [5.74, 6) is -1.86. The topological polar surface area (TPSA) is 91.8 Å². The third kappa shape index (κ3) is 4.72. The predicted molar refractivity (Wildman–Crippen MR) is 63.4 cm³/mol. The van der Waals surface area contributed by atoms with E-state index in [1.165, 1.54) is 6.92 Å². The first-order chi connectivity index (χ1) is 7.37. The van der Waals surface area contributed by atoms with Crippen LogP contribution in [0.2, 0.25) is 0 Å². The molecule has 0 aromatic rings. The fourth-order valence-corrected chi connectivity index (χ4v) is 1.68. The van der Waals surface area contributed by atoms with E-state index in [1.54, 1.807) is 20.8 Å². The van der Waals surface area contributed by atoms with Gasteiger partial charge in [-0.3, -0.25) is 9.59 Å². The van der Waals surface area contributed by atoms with Crippen LogP contribution in [0.5, 0.6) is 0 Å². The van der Waals surface area contributed by atoms with Gasteiger partial charge in [0.05, 0.1) is 0 Å². The predicted octanol–water partition coefficient (Wildman–Crippen LogP) is 0.131. The van der Waals surface area contributed by atoms with Crippen LogP contribution < -0.4 is 0 Å². The molecule has 1 amide bonds. The summed E-state index contributed by atoms with van der Waals surface area (Å²) in [5, 5.41) is 7.50. The number of carboxylic acids is 1. The van der Waals surface area contributed by atoms with Crippen molar-refractivity contribution in [2.45, 2.75) is 38.5 Å². The van der Waals surface area contributed by atoms with Gasteiger partial charge in [0.2, 0.25) is 5.91 Å². The van der Waals surface area contributed by atoms with Gasteiger partial charge in [0, 0.05) is 11.8 Å². The molecule has 0 fully saturated rings. The molecule has 0 radical (unpaired) electrons. The van der Waals surface area contributed by atoms with Gasteiger partial charge in [-0.05, 0) is 27.7 Å². The van der Waals surface area contributed by atoms with Crippen LogP contribution in [0.25, 0.3) is 0 Å². The molecule has 0 saturated carbocycles. The number of sulfone groups is 1. The second-order valence-corrected chi connectivity index (χ2v) is 7.33. The van der Waals surface area contributed by atoms with Crippen LogP contribution in [0.1, 0.15) is 27.7 Å². The van der Waals surface area contributed by atoms with Crippen molar-refractivity contribution in [3.63, 3.8) is 0 Å². The average Bonchev–Trinajstić information content (AvgIpc) is 2.08. The zero-order valence-electron chi connectivity index (χ0n) is 10.7. The molecule has 7 heteroatoms. The number of carboxylic acid groups (broad SMARTS) is 1. The minimum Gasteiger partial charge on any atom is -0.480 e. The average molecular weight is 265 g/mol. The minimum atomic E-state index is -3.53. The number of aliphatic carboxylic acids is 1.